The van der Waals surface area contributed by atoms with Gasteiger partial charge in [0.25, 0.3) is 5.91 Å². The van der Waals surface area contributed by atoms with Crippen LogP contribution in [0.1, 0.15) is 36.8 Å². The van der Waals surface area contributed by atoms with Gasteiger partial charge in [-0.1, -0.05) is 35.9 Å². The van der Waals surface area contributed by atoms with Crippen molar-refractivity contribution in [3.05, 3.63) is 65.5 Å². The van der Waals surface area contributed by atoms with Crippen LogP contribution in [0.25, 0.3) is 0 Å². The minimum Gasteiger partial charge on any atom is -0.484 e. The van der Waals surface area contributed by atoms with E-state index < -0.39 is 5.54 Å². The van der Waals surface area contributed by atoms with E-state index in [4.69, 9.17) is 9.57 Å². The highest BCUT2D eigenvalue weighted by atomic mass is 19.1. The van der Waals surface area contributed by atoms with Crippen molar-refractivity contribution in [1.82, 2.24) is 9.96 Å². The number of halogens is 1. The maximum Gasteiger partial charge on any atom is 0.260 e. The maximum atomic E-state index is 13.9. The Balaban J connectivity index is 1.32. The van der Waals surface area contributed by atoms with E-state index in [1.807, 2.05) is 31.2 Å². The zero-order valence-electron chi connectivity index (χ0n) is 17.7. The summed E-state index contributed by atoms with van der Waals surface area (Å²) in [5.74, 6) is 0.163. The summed E-state index contributed by atoms with van der Waals surface area (Å²) in [7, 11) is 0. The fourth-order valence-corrected chi connectivity index (χ4v) is 4.26. The van der Waals surface area contributed by atoms with Crippen LogP contribution < -0.4 is 4.74 Å². The van der Waals surface area contributed by atoms with Crippen LogP contribution in [0.5, 0.6) is 5.75 Å². The van der Waals surface area contributed by atoms with Crippen LogP contribution in [0, 0.1) is 12.7 Å². The highest BCUT2D eigenvalue weighted by molar-refractivity contribution is 5.79. The smallest absolute Gasteiger partial charge is 0.260 e. The first kappa shape index (κ1) is 21.3. The molecular formula is C24H27FN2O4. The highest BCUT2D eigenvalue weighted by Gasteiger charge is 2.48. The Kier molecular flexibility index (Phi) is 6.23. The molecular weight excluding hydrogens is 399 g/mol. The third kappa shape index (κ3) is 4.71. The van der Waals surface area contributed by atoms with E-state index in [0.29, 0.717) is 50.1 Å². The topological polar surface area (TPSA) is 59.1 Å². The number of ether oxygens (including phenoxy) is 1. The summed E-state index contributed by atoms with van der Waals surface area (Å²) < 4.78 is 19.5. The van der Waals surface area contributed by atoms with Crippen LogP contribution in [0.2, 0.25) is 0 Å². The fourth-order valence-electron chi connectivity index (χ4n) is 4.26. The molecule has 164 valence electrons. The third-order valence-electron chi connectivity index (χ3n) is 6.20. The molecule has 0 saturated carbocycles. The van der Waals surface area contributed by atoms with Crippen LogP contribution in [-0.2, 0) is 21.0 Å². The van der Waals surface area contributed by atoms with Gasteiger partial charge < -0.3 is 9.64 Å². The second kappa shape index (κ2) is 9.06. The largest absolute Gasteiger partial charge is 0.484 e. The molecule has 2 fully saturated rings. The van der Waals surface area contributed by atoms with Crippen LogP contribution in [-0.4, -0.2) is 47.0 Å². The molecule has 2 saturated heterocycles. The van der Waals surface area contributed by atoms with Crippen LogP contribution in [0.4, 0.5) is 4.39 Å². The molecule has 2 aliphatic heterocycles. The minimum absolute atomic E-state index is 0.00714. The van der Waals surface area contributed by atoms with Crippen molar-refractivity contribution in [2.24, 2.45) is 0 Å². The van der Waals surface area contributed by atoms with E-state index in [9.17, 15) is 14.0 Å². The number of carbonyl (C=O) groups excluding carboxylic acids is 2. The lowest BCUT2D eigenvalue weighted by atomic mass is 9.86. The maximum absolute atomic E-state index is 13.9. The number of hydrogen-bond donors (Lipinski definition) is 0. The molecule has 0 aliphatic carbocycles. The molecule has 2 amide bonds. The number of piperidine rings is 1. The van der Waals surface area contributed by atoms with Gasteiger partial charge in [0.1, 0.15) is 18.2 Å². The quantitative estimate of drug-likeness (QED) is 0.708. The molecule has 0 radical (unpaired) electrons. The molecule has 6 nitrogen and oxygen atoms in total. The van der Waals surface area contributed by atoms with E-state index in [1.165, 1.54) is 11.1 Å². The molecule has 0 bridgehead atoms. The number of benzene rings is 2. The first-order valence-corrected chi connectivity index (χ1v) is 10.6. The molecule has 2 aliphatic rings. The molecule has 7 heteroatoms. The number of aryl methyl sites for hydroxylation is 1. The molecule has 1 spiro atoms. The number of hydrogen-bond acceptors (Lipinski definition) is 4. The van der Waals surface area contributed by atoms with Crippen molar-refractivity contribution >= 4 is 11.8 Å². The van der Waals surface area contributed by atoms with E-state index in [2.05, 4.69) is 0 Å². The van der Waals surface area contributed by atoms with Crippen molar-refractivity contribution in [2.75, 3.05) is 19.7 Å². The van der Waals surface area contributed by atoms with Gasteiger partial charge in [0.15, 0.2) is 6.61 Å². The van der Waals surface area contributed by atoms with E-state index >= 15 is 0 Å². The second-order valence-corrected chi connectivity index (χ2v) is 8.26. The van der Waals surface area contributed by atoms with E-state index in [1.54, 1.807) is 23.1 Å². The fraction of sp³-hybridized carbons (Fsp3) is 0.417. The number of nitrogens with zero attached hydrogens (tertiary/aromatic N) is 2. The van der Waals surface area contributed by atoms with Gasteiger partial charge >= 0.3 is 0 Å². The SMILES string of the molecule is Cc1ccc(OCC(=O)N2CCC3(CCC(=O)N3OCc3ccccc3F)CC2)cc1. The molecule has 0 N–H and O–H groups in total. The first-order chi connectivity index (χ1) is 15.0. The van der Waals surface area contributed by atoms with Gasteiger partial charge in [0.05, 0.1) is 5.54 Å². The Labute approximate surface area is 181 Å². The lowest BCUT2D eigenvalue weighted by Gasteiger charge is -2.43. The van der Waals surface area contributed by atoms with E-state index in [0.717, 1.165) is 5.56 Å². The Bertz CT molecular complexity index is 939. The Hall–Kier alpha value is -2.93. The lowest BCUT2D eigenvalue weighted by Crippen LogP contribution is -2.54. The van der Waals surface area contributed by atoms with Crippen molar-refractivity contribution < 1.29 is 23.6 Å². The summed E-state index contributed by atoms with van der Waals surface area (Å²) in [6.45, 7) is 3.05. The zero-order valence-corrected chi connectivity index (χ0v) is 17.7. The van der Waals surface area contributed by atoms with Crippen molar-refractivity contribution in [2.45, 2.75) is 44.8 Å². The standard InChI is InChI=1S/C24H27FN2O4/c1-18-6-8-20(9-7-18)30-17-23(29)26-14-12-24(13-15-26)11-10-22(28)27(24)31-16-19-4-2-3-5-21(19)25/h2-9H,10-17H2,1H3. The molecule has 0 atom stereocenters. The molecule has 2 aromatic carbocycles. The number of likely N-dealkylation sites (tertiary alicyclic amines) is 1. The van der Waals surface area contributed by atoms with Crippen LogP contribution >= 0.6 is 0 Å². The van der Waals surface area contributed by atoms with Crippen LogP contribution in [0.3, 0.4) is 0 Å². The van der Waals surface area contributed by atoms with Crippen molar-refractivity contribution in [3.63, 3.8) is 0 Å². The monoisotopic (exact) mass is 426 g/mol. The summed E-state index contributed by atoms with van der Waals surface area (Å²) in [6.07, 6.45) is 2.35. The van der Waals surface area contributed by atoms with Gasteiger partial charge in [-0.3, -0.25) is 14.4 Å². The van der Waals surface area contributed by atoms with Gasteiger partial charge in [-0.2, -0.15) is 0 Å². The minimum atomic E-state index is -0.434. The van der Waals surface area contributed by atoms with Gasteiger partial charge in [0, 0.05) is 25.1 Å². The molecule has 2 heterocycles. The number of hydroxylamine groups is 2. The molecule has 0 unspecified atom stereocenters. The van der Waals surface area contributed by atoms with E-state index in [-0.39, 0.29) is 30.8 Å². The van der Waals surface area contributed by atoms with Gasteiger partial charge in [0.2, 0.25) is 5.91 Å². The average Bonchev–Trinajstić information content (AvgIpc) is 3.08. The predicted molar refractivity (Wildman–Crippen MR) is 112 cm³/mol. The first-order valence-electron chi connectivity index (χ1n) is 10.6. The number of carbonyl (C=O) groups is 2. The van der Waals surface area contributed by atoms with Gasteiger partial charge in [-0.05, 0) is 44.4 Å². The average molecular weight is 426 g/mol. The lowest BCUT2D eigenvalue weighted by molar-refractivity contribution is -0.222. The second-order valence-electron chi connectivity index (χ2n) is 8.26. The van der Waals surface area contributed by atoms with Crippen LogP contribution in [0.15, 0.2) is 48.5 Å². The molecule has 0 aromatic heterocycles. The van der Waals surface area contributed by atoms with Gasteiger partial charge in [-0.15, -0.1) is 0 Å². The normalized spacial score (nSPS) is 17.9. The summed E-state index contributed by atoms with van der Waals surface area (Å²) in [5, 5.41) is 1.45. The molecule has 2 aromatic rings. The third-order valence-corrected chi connectivity index (χ3v) is 6.20. The summed E-state index contributed by atoms with van der Waals surface area (Å²) in [5.41, 5.74) is 1.11. The van der Waals surface area contributed by atoms with Crippen molar-refractivity contribution in [1.29, 1.82) is 0 Å². The molecule has 4 rings (SSSR count). The zero-order chi connectivity index (χ0) is 21.8. The van der Waals surface area contributed by atoms with Crippen molar-refractivity contribution in [3.8, 4) is 5.75 Å². The number of rotatable bonds is 6. The van der Waals surface area contributed by atoms with Gasteiger partial charge in [-0.25, -0.2) is 9.45 Å². The Morgan fingerprint density at radius 3 is 2.48 bits per heavy atom. The Morgan fingerprint density at radius 2 is 1.77 bits per heavy atom. The molecule has 31 heavy (non-hydrogen) atoms. The summed E-state index contributed by atoms with van der Waals surface area (Å²) in [6, 6.07) is 14.0. The predicted octanol–water partition coefficient (Wildman–Crippen LogP) is 3.63. The summed E-state index contributed by atoms with van der Waals surface area (Å²) >= 11 is 0. The Morgan fingerprint density at radius 1 is 1.06 bits per heavy atom. The highest BCUT2D eigenvalue weighted by Crippen LogP contribution is 2.39. The summed E-state index contributed by atoms with van der Waals surface area (Å²) in [4.78, 5) is 32.6. The number of amides is 2.